The number of amides is 10. The summed E-state index contributed by atoms with van der Waals surface area (Å²) < 4.78 is 26.2. The number of hydroxylamine groups is 3. The van der Waals surface area contributed by atoms with Gasteiger partial charge < -0.3 is 66.2 Å². The van der Waals surface area contributed by atoms with Crippen molar-refractivity contribution in [1.29, 1.82) is 0 Å². The molecule has 26 heteroatoms. The predicted molar refractivity (Wildman–Crippen MR) is 270 cm³/mol. The quantitative estimate of drug-likeness (QED) is 0.0198. The summed E-state index contributed by atoms with van der Waals surface area (Å²) in [6.07, 6.45) is 1.65. The lowest BCUT2D eigenvalue weighted by molar-refractivity contribution is -0.171. The number of ether oxygens (including phenoxy) is 5. The van der Waals surface area contributed by atoms with E-state index in [2.05, 4.69) is 42.2 Å². The number of nitrogens with two attached hydrogens (primary N) is 1. The second kappa shape index (κ2) is 37.5. The third kappa shape index (κ3) is 24.8. The molecule has 0 saturated carbocycles. The maximum atomic E-state index is 13.3. The number of carbonyl (C=O) groups is 10. The number of nitrogens with one attached hydrogen (secondary N) is 7. The maximum absolute atomic E-state index is 13.3. The van der Waals surface area contributed by atoms with Crippen molar-refractivity contribution in [2.75, 3.05) is 92.2 Å². The van der Waals surface area contributed by atoms with E-state index in [4.69, 9.17) is 34.3 Å². The first kappa shape index (κ1) is 63.0. The highest BCUT2D eigenvalue weighted by Gasteiger charge is 2.33. The molecule has 4 rings (SSSR count). The van der Waals surface area contributed by atoms with Crippen molar-refractivity contribution in [2.24, 2.45) is 5.73 Å². The van der Waals surface area contributed by atoms with Gasteiger partial charge in [-0.3, -0.25) is 43.2 Å². The molecule has 9 N–H and O–H groups in total. The van der Waals surface area contributed by atoms with E-state index in [0.29, 0.717) is 83.1 Å². The van der Waals surface area contributed by atoms with E-state index < -0.39 is 66.3 Å². The number of carbonyl (C=O) groups excluding carboxylic acids is 10. The van der Waals surface area contributed by atoms with Gasteiger partial charge in [0.05, 0.1) is 39.6 Å². The van der Waals surface area contributed by atoms with E-state index in [0.717, 1.165) is 22.3 Å². The Morgan fingerprint density at radius 2 is 1.22 bits per heavy atom. The van der Waals surface area contributed by atoms with Crippen molar-refractivity contribution in [2.45, 2.75) is 89.6 Å². The molecule has 76 heavy (non-hydrogen) atoms. The van der Waals surface area contributed by atoms with Crippen molar-refractivity contribution in [3.8, 4) is 11.1 Å². The lowest BCUT2D eigenvalue weighted by atomic mass is 9.98. The lowest BCUT2D eigenvalue weighted by Crippen LogP contribution is -2.53. The van der Waals surface area contributed by atoms with Gasteiger partial charge in [-0.25, -0.2) is 9.59 Å². The summed E-state index contributed by atoms with van der Waals surface area (Å²) >= 11 is 0. The summed E-state index contributed by atoms with van der Waals surface area (Å²) in [7, 11) is 0. The fourth-order valence-corrected chi connectivity index (χ4v) is 7.37. The van der Waals surface area contributed by atoms with Crippen LogP contribution in [0.25, 0.3) is 11.1 Å². The summed E-state index contributed by atoms with van der Waals surface area (Å²) in [5, 5.41) is 16.0. The number of primary amides is 1. The molecule has 1 heterocycles. The van der Waals surface area contributed by atoms with Crippen LogP contribution in [0, 0.1) is 0 Å². The molecule has 1 fully saturated rings. The normalized spacial score (nSPS) is 13.2. The molecule has 420 valence electrons. The van der Waals surface area contributed by atoms with Gasteiger partial charge in [-0.1, -0.05) is 55.5 Å². The molecule has 26 nitrogen and oxygen atoms in total. The van der Waals surface area contributed by atoms with Crippen LogP contribution in [0.1, 0.15) is 88.7 Å². The number of hydrogen-bond acceptors (Lipinski definition) is 17. The van der Waals surface area contributed by atoms with Crippen LogP contribution in [0.3, 0.4) is 0 Å². The summed E-state index contributed by atoms with van der Waals surface area (Å²) in [5.74, 6) is -3.67. The van der Waals surface area contributed by atoms with E-state index >= 15 is 0 Å². The molecule has 1 saturated heterocycles. The summed E-state index contributed by atoms with van der Waals surface area (Å²) in [6.45, 7) is 6.49. The smallest absolute Gasteiger partial charge is 0.432 e. The zero-order chi connectivity index (χ0) is 55.3. The fourth-order valence-electron chi connectivity index (χ4n) is 7.37. The number of hydrogen-bond donors (Lipinski definition) is 8. The van der Waals surface area contributed by atoms with Crippen LogP contribution >= 0.6 is 0 Å². The first-order valence-corrected chi connectivity index (χ1v) is 25.2. The Labute approximate surface area is 441 Å². The van der Waals surface area contributed by atoms with Crippen molar-refractivity contribution in [3.05, 3.63) is 59.7 Å². The van der Waals surface area contributed by atoms with Gasteiger partial charge in [0, 0.05) is 58.0 Å². The average Bonchev–Trinajstić information content (AvgIpc) is 3.90. The molecular formula is C50H73N9O17. The topological polar surface area (TPSA) is 349 Å². The van der Waals surface area contributed by atoms with E-state index in [9.17, 15) is 47.9 Å². The van der Waals surface area contributed by atoms with E-state index in [1.807, 2.05) is 55.5 Å². The highest BCUT2D eigenvalue weighted by atomic mass is 16.7. The van der Waals surface area contributed by atoms with Gasteiger partial charge in [-0.05, 0) is 67.7 Å². The van der Waals surface area contributed by atoms with Crippen LogP contribution in [0.4, 0.5) is 9.59 Å². The minimum absolute atomic E-state index is 0.0760. The number of rotatable bonds is 37. The average molecular weight is 1070 g/mol. The number of unbranched alkanes of at least 4 members (excludes halogenated alkanes) is 2. The van der Waals surface area contributed by atoms with Crippen LogP contribution in [0.15, 0.2) is 48.5 Å². The van der Waals surface area contributed by atoms with Gasteiger partial charge in [0.1, 0.15) is 25.3 Å². The Bertz CT molecular complexity index is 2120. The number of benzene rings is 2. The van der Waals surface area contributed by atoms with Crippen molar-refractivity contribution in [3.63, 3.8) is 0 Å². The van der Waals surface area contributed by atoms with Crippen molar-refractivity contribution in [1.82, 2.24) is 42.4 Å². The Morgan fingerprint density at radius 1 is 0.645 bits per heavy atom. The molecule has 2 atom stereocenters. The molecule has 0 spiro atoms. The molecule has 0 radical (unpaired) electrons. The van der Waals surface area contributed by atoms with Gasteiger partial charge in [0.25, 0.3) is 11.8 Å². The zero-order valence-electron chi connectivity index (χ0n) is 43.2. The highest BCUT2D eigenvalue weighted by Crippen LogP contribution is 2.44. The molecule has 2 aliphatic rings. The summed E-state index contributed by atoms with van der Waals surface area (Å²) in [4.78, 5) is 128. The maximum Gasteiger partial charge on any atom is 0.432 e. The largest absolute Gasteiger partial charge is 0.447 e. The van der Waals surface area contributed by atoms with Crippen LogP contribution in [-0.2, 0) is 71.7 Å². The Morgan fingerprint density at radius 3 is 1.83 bits per heavy atom. The van der Waals surface area contributed by atoms with Gasteiger partial charge in [0.15, 0.2) is 6.61 Å². The monoisotopic (exact) mass is 1070 g/mol. The standard InChI is InChI=1S/C39H55N7O11.C11H18N2O6/c1-2-34(48)42-17-9-7-15-32(37(40)51)45-38(52)33(44-36(50)24-55-22-21-54-20-19-41-26-47)16-8-10-18-43-35(49)25-57-46-39(53)56-23-31-29-13-5-3-11-27(29)28-12-4-6-14-30(28)31;1-2-17-7-8-18-6-5-12-11(16)19-13-9(14)3-4-10(13)15/h3-6,11-14,26,31-33H,2,7-10,15-25H2,1H3,(H2,40,51)(H,41,47)(H,42,48)(H,43,49)(H,44,50)(H,45,52)(H,46,53);2-8H2,1H3,(H,12,16)/t32-,33?;/m0./s1. The molecule has 1 unspecified atom stereocenters. The summed E-state index contributed by atoms with van der Waals surface area (Å²) in [6, 6.07) is 13.8. The molecule has 0 aromatic heterocycles. The van der Waals surface area contributed by atoms with Gasteiger partial charge >= 0.3 is 12.2 Å². The van der Waals surface area contributed by atoms with E-state index in [-0.39, 0.29) is 83.6 Å². The van der Waals surface area contributed by atoms with E-state index in [1.165, 1.54) is 0 Å². The number of imide groups is 1. The number of fused-ring (bicyclic) bond motifs is 3. The first-order chi connectivity index (χ1) is 36.8. The van der Waals surface area contributed by atoms with Crippen LogP contribution in [0.2, 0.25) is 0 Å². The predicted octanol–water partition coefficient (Wildman–Crippen LogP) is 0.504. The third-order valence-electron chi connectivity index (χ3n) is 11.2. The van der Waals surface area contributed by atoms with Crippen LogP contribution < -0.4 is 43.1 Å². The SMILES string of the molecule is CCC(=O)NCCCC[C@H](NC(=O)C(CCCCNC(=O)CONC(=O)OCC1c2ccccc2-c2ccccc21)NC(=O)COCCOCCNC=O)C(N)=O.CCOCCOCCNC(=O)ON1C(=O)CCC1=O. The Hall–Kier alpha value is -7.26. The first-order valence-electron chi connectivity index (χ1n) is 25.2. The highest BCUT2D eigenvalue weighted by molar-refractivity contribution is 6.01. The van der Waals surface area contributed by atoms with Gasteiger partial charge in [-0.2, -0.15) is 5.48 Å². The molecule has 2 aromatic carbocycles. The van der Waals surface area contributed by atoms with Crippen molar-refractivity contribution < 1.29 is 81.3 Å². The van der Waals surface area contributed by atoms with Crippen LogP contribution in [0.5, 0.6) is 0 Å². The fraction of sp³-hybridized carbons (Fsp3) is 0.560. The molecule has 10 amide bonds. The summed E-state index contributed by atoms with van der Waals surface area (Å²) in [5.41, 5.74) is 12.0. The van der Waals surface area contributed by atoms with Crippen molar-refractivity contribution >= 4 is 59.9 Å². The molecule has 0 bridgehead atoms. The van der Waals surface area contributed by atoms with Crippen LogP contribution in [-0.4, -0.2) is 169 Å². The van der Waals surface area contributed by atoms with E-state index in [1.54, 1.807) is 6.92 Å². The Balaban J connectivity index is 0.000000671. The minimum atomic E-state index is -1.04. The van der Waals surface area contributed by atoms with Gasteiger partial charge in [0.2, 0.25) is 35.9 Å². The second-order valence-electron chi connectivity index (χ2n) is 16.8. The van der Waals surface area contributed by atoms with Gasteiger partial charge in [-0.15, -0.1) is 5.06 Å². The lowest BCUT2D eigenvalue weighted by Gasteiger charge is -2.22. The number of nitrogens with zero attached hydrogens (tertiary/aromatic N) is 1. The third-order valence-corrected chi connectivity index (χ3v) is 11.2. The second-order valence-corrected chi connectivity index (χ2v) is 16.8. The Kier molecular flexibility index (Phi) is 31.1. The molecule has 1 aliphatic carbocycles. The minimum Gasteiger partial charge on any atom is -0.447 e. The molecular weight excluding hydrogens is 999 g/mol. The molecule has 2 aromatic rings. The zero-order valence-corrected chi connectivity index (χ0v) is 43.2. The molecule has 1 aliphatic heterocycles.